The molecule has 2 heterocycles. The third-order valence-electron chi connectivity index (χ3n) is 3.39. The molecule has 1 N–H and O–H groups in total. The van der Waals surface area contributed by atoms with E-state index in [2.05, 4.69) is 40.0 Å². The Morgan fingerprint density at radius 1 is 1.29 bits per heavy atom. The SMILES string of the molecule is CC(C)c1cnn(CCCN2CCNCC2)c1. The second-order valence-electron chi connectivity index (χ2n) is 5.14. The molecule has 1 aliphatic rings. The first kappa shape index (κ1) is 12.6. The maximum atomic E-state index is 4.41. The van der Waals surface area contributed by atoms with Gasteiger partial charge in [0.15, 0.2) is 0 Å². The molecule has 1 aliphatic heterocycles. The molecule has 0 atom stereocenters. The molecule has 0 spiro atoms. The van der Waals surface area contributed by atoms with Gasteiger partial charge >= 0.3 is 0 Å². The predicted octanol–water partition coefficient (Wildman–Crippen LogP) is 1.30. The van der Waals surface area contributed by atoms with Crippen LogP contribution >= 0.6 is 0 Å². The van der Waals surface area contributed by atoms with Crippen molar-refractivity contribution in [1.82, 2.24) is 20.0 Å². The van der Waals surface area contributed by atoms with Crippen LogP contribution in [0, 0.1) is 0 Å². The Bertz CT molecular complexity index is 326. The highest BCUT2D eigenvalue weighted by molar-refractivity contribution is 5.08. The summed E-state index contributed by atoms with van der Waals surface area (Å²) in [6.07, 6.45) is 5.37. The Labute approximate surface area is 104 Å². The van der Waals surface area contributed by atoms with E-state index in [1.807, 2.05) is 6.20 Å². The van der Waals surface area contributed by atoms with Crippen molar-refractivity contribution < 1.29 is 0 Å². The van der Waals surface area contributed by atoms with Gasteiger partial charge in [0.2, 0.25) is 0 Å². The highest BCUT2D eigenvalue weighted by Gasteiger charge is 2.08. The van der Waals surface area contributed by atoms with E-state index in [4.69, 9.17) is 0 Å². The lowest BCUT2D eigenvalue weighted by molar-refractivity contribution is 0.233. The smallest absolute Gasteiger partial charge is 0.0524 e. The van der Waals surface area contributed by atoms with Crippen molar-refractivity contribution in [3.05, 3.63) is 18.0 Å². The number of nitrogens with one attached hydrogen (secondary N) is 1. The average molecular weight is 236 g/mol. The summed E-state index contributed by atoms with van der Waals surface area (Å²) in [6.45, 7) is 11.3. The van der Waals surface area contributed by atoms with Gasteiger partial charge in [0.1, 0.15) is 0 Å². The summed E-state index contributed by atoms with van der Waals surface area (Å²) in [4.78, 5) is 2.53. The second kappa shape index (κ2) is 6.17. The first-order valence-corrected chi connectivity index (χ1v) is 6.71. The van der Waals surface area contributed by atoms with Crippen molar-refractivity contribution in [2.45, 2.75) is 32.7 Å². The lowest BCUT2D eigenvalue weighted by Gasteiger charge is -2.26. The molecule has 4 heteroatoms. The van der Waals surface area contributed by atoms with E-state index in [1.165, 1.54) is 31.6 Å². The lowest BCUT2D eigenvalue weighted by atomic mass is 10.1. The van der Waals surface area contributed by atoms with Crippen LogP contribution < -0.4 is 5.32 Å². The van der Waals surface area contributed by atoms with E-state index in [-0.39, 0.29) is 0 Å². The minimum absolute atomic E-state index is 0.580. The summed E-state index contributed by atoms with van der Waals surface area (Å²) in [7, 11) is 0. The van der Waals surface area contributed by atoms with Crippen LogP contribution in [0.3, 0.4) is 0 Å². The van der Waals surface area contributed by atoms with Gasteiger partial charge in [-0.2, -0.15) is 5.10 Å². The van der Waals surface area contributed by atoms with Crippen LogP contribution in [-0.2, 0) is 6.54 Å². The molecule has 4 nitrogen and oxygen atoms in total. The van der Waals surface area contributed by atoms with Crippen molar-refractivity contribution >= 4 is 0 Å². The van der Waals surface area contributed by atoms with Crippen LogP contribution in [0.1, 0.15) is 31.7 Å². The average Bonchev–Trinajstić information content (AvgIpc) is 2.79. The Balaban J connectivity index is 1.70. The van der Waals surface area contributed by atoms with Gasteiger partial charge in [-0.05, 0) is 24.4 Å². The van der Waals surface area contributed by atoms with Gasteiger partial charge < -0.3 is 10.2 Å². The Morgan fingerprint density at radius 3 is 2.71 bits per heavy atom. The molecule has 0 aliphatic carbocycles. The van der Waals surface area contributed by atoms with Crippen molar-refractivity contribution in [1.29, 1.82) is 0 Å². The van der Waals surface area contributed by atoms with E-state index in [1.54, 1.807) is 0 Å². The molecular formula is C13H24N4. The summed E-state index contributed by atoms with van der Waals surface area (Å²) in [6, 6.07) is 0. The maximum absolute atomic E-state index is 4.41. The maximum Gasteiger partial charge on any atom is 0.0524 e. The molecule has 1 saturated heterocycles. The molecule has 1 aromatic rings. The fraction of sp³-hybridized carbons (Fsp3) is 0.769. The zero-order valence-electron chi connectivity index (χ0n) is 11.0. The largest absolute Gasteiger partial charge is 0.314 e. The standard InChI is InChI=1S/C13H24N4/c1-12(2)13-10-15-17(11-13)7-3-6-16-8-4-14-5-9-16/h10-12,14H,3-9H2,1-2H3. The molecule has 1 aromatic heterocycles. The second-order valence-corrected chi connectivity index (χ2v) is 5.14. The predicted molar refractivity (Wildman–Crippen MR) is 70.2 cm³/mol. The number of aromatic nitrogens is 2. The molecule has 1 fully saturated rings. The lowest BCUT2D eigenvalue weighted by Crippen LogP contribution is -2.43. The van der Waals surface area contributed by atoms with Crippen LogP contribution in [0.4, 0.5) is 0 Å². The monoisotopic (exact) mass is 236 g/mol. The van der Waals surface area contributed by atoms with E-state index >= 15 is 0 Å². The topological polar surface area (TPSA) is 33.1 Å². The molecule has 96 valence electrons. The summed E-state index contributed by atoms with van der Waals surface area (Å²) >= 11 is 0. The highest BCUT2D eigenvalue weighted by Crippen LogP contribution is 2.12. The zero-order valence-corrected chi connectivity index (χ0v) is 11.0. The van der Waals surface area contributed by atoms with Gasteiger partial charge in [-0.1, -0.05) is 13.8 Å². The number of hydrogen-bond donors (Lipinski definition) is 1. The van der Waals surface area contributed by atoms with Crippen LogP contribution in [-0.4, -0.2) is 47.4 Å². The summed E-state index contributed by atoms with van der Waals surface area (Å²) in [5, 5.41) is 7.79. The van der Waals surface area contributed by atoms with Gasteiger partial charge in [0, 0.05) is 38.9 Å². The Kier molecular flexibility index (Phi) is 4.57. The molecule has 2 rings (SSSR count). The van der Waals surface area contributed by atoms with Gasteiger partial charge in [0.25, 0.3) is 0 Å². The number of piperazine rings is 1. The van der Waals surface area contributed by atoms with Gasteiger partial charge in [-0.25, -0.2) is 0 Å². The quantitative estimate of drug-likeness (QED) is 0.836. The third-order valence-corrected chi connectivity index (χ3v) is 3.39. The number of rotatable bonds is 5. The Morgan fingerprint density at radius 2 is 2.06 bits per heavy atom. The van der Waals surface area contributed by atoms with Crippen molar-refractivity contribution in [3.63, 3.8) is 0 Å². The molecule has 0 radical (unpaired) electrons. The number of hydrogen-bond acceptors (Lipinski definition) is 3. The molecule has 0 saturated carbocycles. The zero-order chi connectivity index (χ0) is 12.1. The van der Waals surface area contributed by atoms with Crippen LogP contribution in [0.2, 0.25) is 0 Å². The summed E-state index contributed by atoms with van der Waals surface area (Å²) < 4.78 is 2.08. The molecule has 17 heavy (non-hydrogen) atoms. The van der Waals surface area contributed by atoms with Crippen molar-refractivity contribution in [2.75, 3.05) is 32.7 Å². The first-order chi connectivity index (χ1) is 8.25. The molecule has 0 amide bonds. The van der Waals surface area contributed by atoms with Gasteiger partial charge in [-0.3, -0.25) is 4.68 Å². The molecule has 0 bridgehead atoms. The third kappa shape index (κ3) is 3.82. The van der Waals surface area contributed by atoms with Crippen LogP contribution in [0.15, 0.2) is 12.4 Å². The van der Waals surface area contributed by atoms with Crippen LogP contribution in [0.25, 0.3) is 0 Å². The van der Waals surface area contributed by atoms with Gasteiger partial charge in [-0.15, -0.1) is 0 Å². The molecule has 0 unspecified atom stereocenters. The van der Waals surface area contributed by atoms with Crippen molar-refractivity contribution in [3.8, 4) is 0 Å². The van der Waals surface area contributed by atoms with E-state index < -0.39 is 0 Å². The highest BCUT2D eigenvalue weighted by atomic mass is 15.3. The van der Waals surface area contributed by atoms with Crippen molar-refractivity contribution in [2.24, 2.45) is 0 Å². The van der Waals surface area contributed by atoms with E-state index in [0.717, 1.165) is 19.6 Å². The van der Waals surface area contributed by atoms with E-state index in [9.17, 15) is 0 Å². The fourth-order valence-corrected chi connectivity index (χ4v) is 2.19. The minimum Gasteiger partial charge on any atom is -0.314 e. The fourth-order valence-electron chi connectivity index (χ4n) is 2.19. The van der Waals surface area contributed by atoms with Gasteiger partial charge in [0.05, 0.1) is 6.20 Å². The minimum atomic E-state index is 0.580. The number of nitrogens with zero attached hydrogens (tertiary/aromatic N) is 3. The summed E-state index contributed by atoms with van der Waals surface area (Å²) in [5.41, 5.74) is 1.34. The number of aryl methyl sites for hydroxylation is 1. The molecule has 0 aromatic carbocycles. The normalized spacial score (nSPS) is 17.8. The van der Waals surface area contributed by atoms with Crippen LogP contribution in [0.5, 0.6) is 0 Å². The Hall–Kier alpha value is -0.870. The van der Waals surface area contributed by atoms with E-state index in [0.29, 0.717) is 5.92 Å². The molecular weight excluding hydrogens is 212 g/mol. The first-order valence-electron chi connectivity index (χ1n) is 6.71. The summed E-state index contributed by atoms with van der Waals surface area (Å²) in [5.74, 6) is 0.580.